The molecule has 2 heterocycles. The minimum atomic E-state index is -4.02. The molecule has 80 valence electrons. The van der Waals surface area contributed by atoms with Crippen LogP contribution in [-0.2, 0) is 9.05 Å². The summed E-state index contributed by atoms with van der Waals surface area (Å²) in [5.74, 6) is -0.555. The van der Waals surface area contributed by atoms with E-state index in [1.54, 1.807) is 0 Å². The number of hydrogen-bond donors (Lipinski definition) is 0. The highest BCUT2D eigenvalue weighted by Crippen LogP contribution is 2.25. The number of rotatable bonds is 1. The monoisotopic (exact) mass is 268 g/mol. The fourth-order valence-electron chi connectivity index (χ4n) is 1.12. The zero-order valence-electron chi connectivity index (χ0n) is 6.99. The van der Waals surface area contributed by atoms with Crippen LogP contribution in [0.4, 0.5) is 4.39 Å². The molecular formula is C7H3Cl2FN2O2S. The third-order valence-electron chi connectivity index (χ3n) is 1.73. The van der Waals surface area contributed by atoms with Gasteiger partial charge in [-0.2, -0.15) is 0 Å². The second-order valence-corrected chi connectivity index (χ2v) is 5.56. The molecule has 8 heteroatoms. The molecule has 0 aliphatic heterocycles. The summed E-state index contributed by atoms with van der Waals surface area (Å²) >= 11 is 5.68. The first kappa shape index (κ1) is 10.7. The molecular weight excluding hydrogens is 266 g/mol. The van der Waals surface area contributed by atoms with Crippen molar-refractivity contribution < 1.29 is 12.8 Å². The molecule has 2 rings (SSSR count). The van der Waals surface area contributed by atoms with E-state index in [2.05, 4.69) is 4.98 Å². The third-order valence-corrected chi connectivity index (χ3v) is 3.38. The van der Waals surface area contributed by atoms with E-state index < -0.39 is 19.9 Å². The Bertz CT molecular complexity index is 638. The maximum Gasteiger partial charge on any atom is 0.281 e. The Hall–Kier alpha value is -0.850. The van der Waals surface area contributed by atoms with Gasteiger partial charge in [0.1, 0.15) is 11.5 Å². The minimum absolute atomic E-state index is 0.209. The molecule has 0 spiro atoms. The molecule has 0 bridgehead atoms. The number of hydrogen-bond acceptors (Lipinski definition) is 3. The fraction of sp³-hybridized carbons (Fsp3) is 0. The molecule has 0 unspecified atom stereocenters. The normalized spacial score (nSPS) is 12.2. The molecule has 0 saturated carbocycles. The molecule has 0 fully saturated rings. The molecule has 2 aromatic rings. The quantitative estimate of drug-likeness (QED) is 0.744. The number of pyridine rings is 1. The topological polar surface area (TPSA) is 51.4 Å². The Balaban J connectivity index is 2.87. The lowest BCUT2D eigenvalue weighted by Crippen LogP contribution is -1.91. The zero-order valence-corrected chi connectivity index (χ0v) is 9.31. The summed E-state index contributed by atoms with van der Waals surface area (Å²) in [5, 5.41) is -0.712. The van der Waals surface area contributed by atoms with Crippen molar-refractivity contribution in [3.8, 4) is 0 Å². The molecule has 0 aromatic carbocycles. The smallest absolute Gasteiger partial charge is 0.281 e. The third kappa shape index (κ3) is 1.80. The van der Waals surface area contributed by atoms with Crippen LogP contribution in [0.5, 0.6) is 0 Å². The molecule has 4 nitrogen and oxygen atoms in total. The van der Waals surface area contributed by atoms with Crippen LogP contribution >= 0.6 is 22.3 Å². The van der Waals surface area contributed by atoms with E-state index in [0.29, 0.717) is 0 Å². The van der Waals surface area contributed by atoms with Crippen LogP contribution in [0, 0.1) is 5.82 Å². The fourth-order valence-corrected chi connectivity index (χ4v) is 2.55. The summed E-state index contributed by atoms with van der Waals surface area (Å²) < 4.78 is 36.0. The van der Waals surface area contributed by atoms with Crippen molar-refractivity contribution in [2.75, 3.05) is 0 Å². The van der Waals surface area contributed by atoms with Gasteiger partial charge in [0.2, 0.25) is 5.03 Å². The van der Waals surface area contributed by atoms with E-state index in [0.717, 1.165) is 16.7 Å². The van der Waals surface area contributed by atoms with Gasteiger partial charge >= 0.3 is 0 Å². The maximum absolute atomic E-state index is 12.8. The van der Waals surface area contributed by atoms with E-state index in [9.17, 15) is 12.8 Å². The van der Waals surface area contributed by atoms with Crippen LogP contribution in [0.3, 0.4) is 0 Å². The van der Waals surface area contributed by atoms with E-state index >= 15 is 0 Å². The van der Waals surface area contributed by atoms with Gasteiger partial charge in [-0.1, -0.05) is 11.6 Å². The van der Waals surface area contributed by atoms with Crippen molar-refractivity contribution in [1.82, 2.24) is 9.38 Å². The first-order chi connectivity index (χ1) is 6.89. The number of fused-ring (bicyclic) bond motifs is 1. The summed E-state index contributed by atoms with van der Waals surface area (Å²) in [6.07, 6.45) is 1.02. The molecule has 0 aliphatic rings. The van der Waals surface area contributed by atoms with Gasteiger partial charge < -0.3 is 0 Å². The van der Waals surface area contributed by atoms with Crippen molar-refractivity contribution in [1.29, 1.82) is 0 Å². The number of nitrogens with zero attached hydrogens (tertiary/aromatic N) is 2. The highest BCUT2D eigenvalue weighted by Gasteiger charge is 2.21. The average molecular weight is 269 g/mol. The first-order valence-electron chi connectivity index (χ1n) is 3.67. The molecule has 0 amide bonds. The predicted octanol–water partition coefficient (Wildman–Crippen LogP) is 2.05. The van der Waals surface area contributed by atoms with Gasteiger partial charge in [-0.15, -0.1) is 0 Å². The van der Waals surface area contributed by atoms with Gasteiger partial charge in [-0.3, -0.25) is 4.40 Å². The van der Waals surface area contributed by atoms with Gasteiger partial charge in [-0.05, 0) is 12.1 Å². The first-order valence-corrected chi connectivity index (χ1v) is 6.36. The second-order valence-electron chi connectivity index (χ2n) is 2.72. The van der Waals surface area contributed by atoms with Crippen LogP contribution in [0.1, 0.15) is 0 Å². The molecule has 0 N–H and O–H groups in total. The van der Waals surface area contributed by atoms with Crippen molar-refractivity contribution >= 4 is 37.0 Å². The van der Waals surface area contributed by atoms with Gasteiger partial charge in [0.25, 0.3) is 9.05 Å². The summed E-state index contributed by atoms with van der Waals surface area (Å²) in [6, 6.07) is 2.44. The Morgan fingerprint density at radius 1 is 1.40 bits per heavy atom. The van der Waals surface area contributed by atoms with Crippen molar-refractivity contribution in [3.05, 3.63) is 29.3 Å². The van der Waals surface area contributed by atoms with E-state index in [1.165, 1.54) is 6.07 Å². The molecule has 0 atom stereocenters. The molecule has 2 aromatic heterocycles. The lowest BCUT2D eigenvalue weighted by molar-refractivity contribution is 0.606. The molecule has 0 aliphatic carbocycles. The molecule has 0 radical (unpaired) electrons. The largest absolute Gasteiger partial charge is 0.286 e. The van der Waals surface area contributed by atoms with E-state index in [1.807, 2.05) is 0 Å². The summed E-state index contributed by atoms with van der Waals surface area (Å²) in [6.45, 7) is 0. The van der Waals surface area contributed by atoms with Gasteiger partial charge in [-0.25, -0.2) is 17.8 Å². The second kappa shape index (κ2) is 3.33. The van der Waals surface area contributed by atoms with Crippen molar-refractivity contribution in [2.45, 2.75) is 5.03 Å². The highest BCUT2D eigenvalue weighted by molar-refractivity contribution is 8.13. The number of imidazole rings is 1. The zero-order chi connectivity index (χ0) is 11.2. The van der Waals surface area contributed by atoms with Gasteiger partial charge in [0, 0.05) is 16.9 Å². The van der Waals surface area contributed by atoms with Crippen LogP contribution in [0.15, 0.2) is 23.4 Å². The number of halogens is 3. The standard InChI is InChI=1S/C7H3Cl2FN2O2S/c8-6-7(15(9,13)14)11-5-2-1-4(10)3-12(5)6/h1-3H. The van der Waals surface area contributed by atoms with Crippen LogP contribution in [-0.4, -0.2) is 17.8 Å². The van der Waals surface area contributed by atoms with E-state index in [-0.39, 0.29) is 10.8 Å². The van der Waals surface area contributed by atoms with Crippen LogP contribution < -0.4 is 0 Å². The van der Waals surface area contributed by atoms with E-state index in [4.69, 9.17) is 22.3 Å². The van der Waals surface area contributed by atoms with Gasteiger partial charge in [0.05, 0.1) is 0 Å². The lowest BCUT2D eigenvalue weighted by Gasteiger charge is -1.93. The molecule has 15 heavy (non-hydrogen) atoms. The summed E-state index contributed by atoms with van der Waals surface area (Å²) in [4.78, 5) is 3.67. The summed E-state index contributed by atoms with van der Waals surface area (Å²) in [5.41, 5.74) is 0.209. The Morgan fingerprint density at radius 2 is 2.07 bits per heavy atom. The van der Waals surface area contributed by atoms with Crippen LogP contribution in [0.2, 0.25) is 5.15 Å². The lowest BCUT2D eigenvalue weighted by atomic mass is 10.5. The minimum Gasteiger partial charge on any atom is -0.286 e. The Morgan fingerprint density at radius 3 is 2.67 bits per heavy atom. The van der Waals surface area contributed by atoms with Crippen LogP contribution in [0.25, 0.3) is 5.65 Å². The summed E-state index contributed by atoms with van der Waals surface area (Å²) in [7, 11) is 1.07. The SMILES string of the molecule is O=S(=O)(Cl)c1nc2ccc(F)cn2c1Cl. The van der Waals surface area contributed by atoms with Gasteiger partial charge in [0.15, 0.2) is 5.15 Å². The average Bonchev–Trinajstić information content (AvgIpc) is 2.43. The van der Waals surface area contributed by atoms with Crippen molar-refractivity contribution in [2.24, 2.45) is 0 Å². The number of aromatic nitrogens is 2. The predicted molar refractivity (Wildman–Crippen MR) is 53.2 cm³/mol. The maximum atomic E-state index is 12.8. The Kier molecular flexibility index (Phi) is 2.37. The van der Waals surface area contributed by atoms with Crippen molar-refractivity contribution in [3.63, 3.8) is 0 Å². The molecule has 0 saturated heterocycles. The Labute approximate surface area is 93.7 Å². The highest BCUT2D eigenvalue weighted by atomic mass is 35.7.